The van der Waals surface area contributed by atoms with Crippen molar-refractivity contribution in [2.45, 2.75) is 13.8 Å². The molecular formula is C11H16N2O. The summed E-state index contributed by atoms with van der Waals surface area (Å²) >= 11 is 0. The van der Waals surface area contributed by atoms with Gasteiger partial charge in [-0.1, -0.05) is 13.8 Å². The Labute approximate surface area is 84.3 Å². The second kappa shape index (κ2) is 3.08. The van der Waals surface area contributed by atoms with Gasteiger partial charge in [-0.3, -0.25) is 0 Å². The summed E-state index contributed by atoms with van der Waals surface area (Å²) in [5, 5.41) is 3.36. The monoisotopic (exact) mass is 192 g/mol. The molecular weight excluding hydrogens is 176 g/mol. The first-order valence-corrected chi connectivity index (χ1v) is 4.83. The van der Waals surface area contributed by atoms with Crippen LogP contribution < -0.4 is 15.8 Å². The summed E-state index contributed by atoms with van der Waals surface area (Å²) in [7, 11) is 0. The zero-order chi connectivity index (χ0) is 10.2. The lowest BCUT2D eigenvalue weighted by atomic mass is 9.95. The van der Waals surface area contributed by atoms with Crippen LogP contribution in [0.4, 0.5) is 11.4 Å². The molecule has 0 spiro atoms. The Balaban J connectivity index is 2.30. The standard InChI is InChI=1S/C11H16N2O/c1-11(2)6-13-9-4-3-8(12)5-10(9)14-7-11/h3-5,13H,6-7,12H2,1-2H3. The molecule has 0 aliphatic carbocycles. The zero-order valence-electron chi connectivity index (χ0n) is 8.63. The lowest BCUT2D eigenvalue weighted by Crippen LogP contribution is -2.27. The minimum absolute atomic E-state index is 0.160. The number of hydrogen-bond donors (Lipinski definition) is 2. The second-order valence-corrected chi connectivity index (χ2v) is 4.56. The number of nitrogen functional groups attached to an aromatic ring is 1. The minimum Gasteiger partial charge on any atom is -0.491 e. The highest BCUT2D eigenvalue weighted by Gasteiger charge is 2.23. The van der Waals surface area contributed by atoms with E-state index in [2.05, 4.69) is 19.2 Å². The first kappa shape index (κ1) is 9.19. The molecule has 1 heterocycles. The molecule has 0 radical (unpaired) electrons. The van der Waals surface area contributed by atoms with Crippen molar-refractivity contribution in [2.75, 3.05) is 24.2 Å². The number of anilines is 2. The number of fused-ring (bicyclic) bond motifs is 1. The Morgan fingerprint density at radius 1 is 1.43 bits per heavy atom. The average molecular weight is 192 g/mol. The van der Waals surface area contributed by atoms with Crippen LogP contribution in [0.25, 0.3) is 0 Å². The summed E-state index contributed by atoms with van der Waals surface area (Å²) in [6, 6.07) is 5.71. The zero-order valence-corrected chi connectivity index (χ0v) is 8.63. The van der Waals surface area contributed by atoms with Crippen LogP contribution in [-0.4, -0.2) is 13.2 Å². The molecule has 0 saturated carbocycles. The van der Waals surface area contributed by atoms with Crippen molar-refractivity contribution < 1.29 is 4.74 Å². The number of ether oxygens (including phenoxy) is 1. The van der Waals surface area contributed by atoms with Gasteiger partial charge in [-0.25, -0.2) is 0 Å². The van der Waals surface area contributed by atoms with E-state index in [9.17, 15) is 0 Å². The fourth-order valence-corrected chi connectivity index (χ4v) is 1.46. The normalized spacial score (nSPS) is 18.7. The number of hydrogen-bond acceptors (Lipinski definition) is 3. The molecule has 3 nitrogen and oxygen atoms in total. The molecule has 0 bridgehead atoms. The molecule has 0 unspecified atom stereocenters. The summed E-state index contributed by atoms with van der Waals surface area (Å²) in [6.07, 6.45) is 0. The maximum Gasteiger partial charge on any atom is 0.144 e. The Bertz CT molecular complexity index is 347. The highest BCUT2D eigenvalue weighted by atomic mass is 16.5. The largest absolute Gasteiger partial charge is 0.491 e. The van der Waals surface area contributed by atoms with Crippen molar-refractivity contribution in [3.63, 3.8) is 0 Å². The van der Waals surface area contributed by atoms with Gasteiger partial charge in [0.15, 0.2) is 0 Å². The lowest BCUT2D eigenvalue weighted by Gasteiger charge is -2.20. The van der Waals surface area contributed by atoms with Gasteiger partial charge in [-0.05, 0) is 12.1 Å². The summed E-state index contributed by atoms with van der Waals surface area (Å²) in [6.45, 7) is 5.99. The van der Waals surface area contributed by atoms with Crippen molar-refractivity contribution in [1.82, 2.24) is 0 Å². The van der Waals surface area contributed by atoms with Gasteiger partial charge in [-0.2, -0.15) is 0 Å². The number of nitrogens with one attached hydrogen (secondary N) is 1. The van der Waals surface area contributed by atoms with Crippen LogP contribution in [0.1, 0.15) is 13.8 Å². The summed E-state index contributed by atoms with van der Waals surface area (Å²) < 4.78 is 5.70. The van der Waals surface area contributed by atoms with Crippen LogP contribution in [-0.2, 0) is 0 Å². The predicted molar refractivity (Wildman–Crippen MR) is 58.6 cm³/mol. The smallest absolute Gasteiger partial charge is 0.144 e. The molecule has 0 amide bonds. The third-order valence-electron chi connectivity index (χ3n) is 2.38. The third-order valence-corrected chi connectivity index (χ3v) is 2.38. The molecule has 14 heavy (non-hydrogen) atoms. The van der Waals surface area contributed by atoms with Crippen molar-refractivity contribution >= 4 is 11.4 Å². The molecule has 0 aromatic heterocycles. The quantitative estimate of drug-likeness (QED) is 0.619. The number of benzene rings is 1. The van der Waals surface area contributed by atoms with Crippen molar-refractivity contribution in [1.29, 1.82) is 0 Å². The van der Waals surface area contributed by atoms with E-state index in [1.54, 1.807) is 0 Å². The first-order valence-electron chi connectivity index (χ1n) is 4.83. The highest BCUT2D eigenvalue weighted by Crippen LogP contribution is 2.32. The molecule has 2 rings (SSSR count). The van der Waals surface area contributed by atoms with Crippen LogP contribution in [0.15, 0.2) is 18.2 Å². The third kappa shape index (κ3) is 1.76. The van der Waals surface area contributed by atoms with Crippen molar-refractivity contribution in [2.24, 2.45) is 5.41 Å². The van der Waals surface area contributed by atoms with Gasteiger partial charge in [0, 0.05) is 23.7 Å². The molecule has 3 heteroatoms. The minimum atomic E-state index is 0.160. The maximum atomic E-state index is 5.70. The van der Waals surface area contributed by atoms with Crippen LogP contribution in [0, 0.1) is 5.41 Å². The molecule has 76 valence electrons. The fraction of sp³-hybridized carbons (Fsp3) is 0.455. The summed E-state index contributed by atoms with van der Waals surface area (Å²) in [5.74, 6) is 0.857. The number of rotatable bonds is 0. The van der Waals surface area contributed by atoms with E-state index < -0.39 is 0 Å². The topological polar surface area (TPSA) is 47.3 Å². The second-order valence-electron chi connectivity index (χ2n) is 4.56. The van der Waals surface area contributed by atoms with Gasteiger partial charge in [-0.15, -0.1) is 0 Å². The van der Waals surface area contributed by atoms with Gasteiger partial charge < -0.3 is 15.8 Å². The molecule has 0 saturated heterocycles. The first-order chi connectivity index (χ1) is 6.57. The molecule has 1 aliphatic heterocycles. The van der Waals surface area contributed by atoms with E-state index in [1.165, 1.54) is 0 Å². The maximum absolute atomic E-state index is 5.70. The van der Waals surface area contributed by atoms with Crippen molar-refractivity contribution in [3.8, 4) is 5.75 Å². The van der Waals surface area contributed by atoms with Crippen LogP contribution in [0.3, 0.4) is 0 Å². The van der Waals surface area contributed by atoms with E-state index in [-0.39, 0.29) is 5.41 Å². The van der Waals surface area contributed by atoms with E-state index in [4.69, 9.17) is 10.5 Å². The lowest BCUT2D eigenvalue weighted by molar-refractivity contribution is 0.200. The van der Waals surface area contributed by atoms with Gasteiger partial charge in [0.1, 0.15) is 5.75 Å². The van der Waals surface area contributed by atoms with Gasteiger partial charge in [0.2, 0.25) is 0 Å². The number of nitrogens with two attached hydrogens (primary N) is 1. The molecule has 1 aromatic rings. The van der Waals surface area contributed by atoms with Gasteiger partial charge in [0.25, 0.3) is 0 Å². The van der Waals surface area contributed by atoms with Crippen LogP contribution in [0.2, 0.25) is 0 Å². The highest BCUT2D eigenvalue weighted by molar-refractivity contribution is 5.63. The Morgan fingerprint density at radius 3 is 3.00 bits per heavy atom. The Hall–Kier alpha value is -1.38. The average Bonchev–Trinajstić information content (AvgIpc) is 2.26. The molecule has 0 fully saturated rings. The molecule has 3 N–H and O–H groups in total. The molecule has 1 aromatic carbocycles. The van der Waals surface area contributed by atoms with Crippen LogP contribution >= 0.6 is 0 Å². The van der Waals surface area contributed by atoms with E-state index in [0.29, 0.717) is 0 Å². The summed E-state index contributed by atoms with van der Waals surface area (Å²) in [4.78, 5) is 0. The van der Waals surface area contributed by atoms with Crippen LogP contribution in [0.5, 0.6) is 5.75 Å². The van der Waals surface area contributed by atoms with Crippen molar-refractivity contribution in [3.05, 3.63) is 18.2 Å². The van der Waals surface area contributed by atoms with Gasteiger partial charge in [0.05, 0.1) is 12.3 Å². The molecule has 1 aliphatic rings. The SMILES string of the molecule is CC1(C)CNc2ccc(N)cc2OC1. The Kier molecular flexibility index (Phi) is 2.02. The van der Waals surface area contributed by atoms with E-state index in [1.807, 2.05) is 18.2 Å². The Morgan fingerprint density at radius 2 is 2.21 bits per heavy atom. The fourth-order valence-electron chi connectivity index (χ4n) is 1.46. The predicted octanol–water partition coefficient (Wildman–Crippen LogP) is 2.10. The van der Waals surface area contributed by atoms with E-state index in [0.717, 1.165) is 30.3 Å². The van der Waals surface area contributed by atoms with Gasteiger partial charge >= 0.3 is 0 Å². The molecule has 0 atom stereocenters. The van der Waals surface area contributed by atoms with E-state index >= 15 is 0 Å². The summed E-state index contributed by atoms with van der Waals surface area (Å²) in [5.41, 5.74) is 7.63.